The van der Waals surface area contributed by atoms with E-state index in [2.05, 4.69) is 10.6 Å². The molecule has 104 valence electrons. The summed E-state index contributed by atoms with van der Waals surface area (Å²) in [5.74, 6) is -0.939. The molecule has 3 N–H and O–H groups in total. The minimum Gasteiger partial charge on any atom is -0.481 e. The molecule has 0 aromatic heterocycles. The van der Waals surface area contributed by atoms with Crippen LogP contribution in [0.5, 0.6) is 0 Å². The van der Waals surface area contributed by atoms with Crippen molar-refractivity contribution in [3.63, 3.8) is 0 Å². The van der Waals surface area contributed by atoms with E-state index in [1.54, 1.807) is 25.1 Å². The number of hydrogen-bond acceptors (Lipinski definition) is 2. The van der Waals surface area contributed by atoms with Crippen molar-refractivity contribution in [1.82, 2.24) is 5.32 Å². The molecule has 5 nitrogen and oxygen atoms in total. The van der Waals surface area contributed by atoms with E-state index in [4.69, 9.17) is 16.7 Å². The van der Waals surface area contributed by atoms with Gasteiger partial charge in [-0.2, -0.15) is 0 Å². The largest absolute Gasteiger partial charge is 0.481 e. The van der Waals surface area contributed by atoms with Crippen LogP contribution in [0.15, 0.2) is 18.2 Å². The predicted octanol–water partition coefficient (Wildman–Crippen LogP) is 3.02. The van der Waals surface area contributed by atoms with Crippen LogP contribution in [-0.2, 0) is 4.79 Å². The molecule has 1 aromatic carbocycles. The highest BCUT2D eigenvalue weighted by molar-refractivity contribution is 6.31. The van der Waals surface area contributed by atoms with Crippen LogP contribution in [0.1, 0.15) is 25.3 Å². The molecule has 0 spiro atoms. The Balaban J connectivity index is 2.64. The topological polar surface area (TPSA) is 78.4 Å². The standard InChI is InChI=1S/C13H17ClN2O3/c1-3-9(7-12(17)18)15-13(19)16-11-6-4-5-10(14)8(11)2/h4-6,9H,3,7H2,1-2H3,(H,17,18)(H2,15,16,19). The highest BCUT2D eigenvalue weighted by Gasteiger charge is 2.14. The van der Waals surface area contributed by atoms with E-state index < -0.39 is 18.0 Å². The van der Waals surface area contributed by atoms with Gasteiger partial charge in [-0.05, 0) is 31.0 Å². The number of hydrogen-bond donors (Lipinski definition) is 3. The first-order chi connectivity index (χ1) is 8.93. The predicted molar refractivity (Wildman–Crippen MR) is 74.7 cm³/mol. The highest BCUT2D eigenvalue weighted by Crippen LogP contribution is 2.22. The summed E-state index contributed by atoms with van der Waals surface area (Å²) in [6.07, 6.45) is 0.451. The molecular weight excluding hydrogens is 268 g/mol. The van der Waals surface area contributed by atoms with E-state index >= 15 is 0 Å². The van der Waals surface area contributed by atoms with Crippen molar-refractivity contribution in [2.45, 2.75) is 32.7 Å². The number of amides is 2. The third-order valence-corrected chi connectivity index (χ3v) is 3.17. The van der Waals surface area contributed by atoms with Crippen LogP contribution in [-0.4, -0.2) is 23.1 Å². The first-order valence-corrected chi connectivity index (χ1v) is 6.36. The van der Waals surface area contributed by atoms with Gasteiger partial charge in [0.1, 0.15) is 0 Å². The number of carboxylic acid groups (broad SMARTS) is 1. The van der Waals surface area contributed by atoms with Crippen LogP contribution in [0.2, 0.25) is 5.02 Å². The summed E-state index contributed by atoms with van der Waals surface area (Å²) in [7, 11) is 0. The summed E-state index contributed by atoms with van der Waals surface area (Å²) in [6.45, 7) is 3.62. The van der Waals surface area contributed by atoms with Gasteiger partial charge in [0.05, 0.1) is 6.42 Å². The Kier molecular flexibility index (Phi) is 5.63. The quantitative estimate of drug-likeness (QED) is 0.777. The van der Waals surface area contributed by atoms with Crippen molar-refractivity contribution in [1.29, 1.82) is 0 Å². The van der Waals surface area contributed by atoms with Crippen LogP contribution in [0.4, 0.5) is 10.5 Å². The molecule has 0 saturated carbocycles. The summed E-state index contributed by atoms with van der Waals surface area (Å²) in [4.78, 5) is 22.4. The zero-order valence-corrected chi connectivity index (χ0v) is 11.6. The number of carboxylic acids is 1. The monoisotopic (exact) mass is 284 g/mol. The van der Waals surface area contributed by atoms with Gasteiger partial charge in [0.25, 0.3) is 0 Å². The fourth-order valence-electron chi connectivity index (χ4n) is 1.59. The van der Waals surface area contributed by atoms with Crippen molar-refractivity contribution in [2.75, 3.05) is 5.32 Å². The van der Waals surface area contributed by atoms with E-state index in [9.17, 15) is 9.59 Å². The molecule has 0 bridgehead atoms. The zero-order valence-electron chi connectivity index (χ0n) is 10.9. The Morgan fingerprint density at radius 1 is 1.42 bits per heavy atom. The fourth-order valence-corrected chi connectivity index (χ4v) is 1.77. The van der Waals surface area contributed by atoms with Gasteiger partial charge in [0.15, 0.2) is 0 Å². The molecule has 0 fully saturated rings. The first-order valence-electron chi connectivity index (χ1n) is 5.98. The molecule has 1 unspecified atom stereocenters. The van der Waals surface area contributed by atoms with Crippen molar-refractivity contribution in [2.24, 2.45) is 0 Å². The van der Waals surface area contributed by atoms with E-state index in [0.717, 1.165) is 5.56 Å². The van der Waals surface area contributed by atoms with Crippen molar-refractivity contribution in [3.8, 4) is 0 Å². The molecule has 0 heterocycles. The minimum absolute atomic E-state index is 0.0988. The summed E-state index contributed by atoms with van der Waals surface area (Å²) in [6, 6.07) is 4.38. The molecule has 0 aliphatic rings. The molecule has 19 heavy (non-hydrogen) atoms. The number of aliphatic carboxylic acids is 1. The fraction of sp³-hybridized carbons (Fsp3) is 0.385. The summed E-state index contributed by atoms with van der Waals surface area (Å²) >= 11 is 5.95. The molecule has 0 saturated heterocycles. The normalized spacial score (nSPS) is 11.7. The van der Waals surface area contributed by atoms with Gasteiger partial charge >= 0.3 is 12.0 Å². The van der Waals surface area contributed by atoms with Gasteiger partial charge in [-0.15, -0.1) is 0 Å². The van der Waals surface area contributed by atoms with Crippen molar-refractivity contribution >= 4 is 29.3 Å². The van der Waals surface area contributed by atoms with Crippen molar-refractivity contribution in [3.05, 3.63) is 28.8 Å². The van der Waals surface area contributed by atoms with Gasteiger partial charge in [-0.25, -0.2) is 4.79 Å². The zero-order chi connectivity index (χ0) is 14.4. The van der Waals surface area contributed by atoms with E-state index in [-0.39, 0.29) is 6.42 Å². The third-order valence-electron chi connectivity index (χ3n) is 2.76. The maximum atomic E-state index is 11.8. The maximum absolute atomic E-state index is 11.8. The summed E-state index contributed by atoms with van der Waals surface area (Å²) < 4.78 is 0. The average molecular weight is 285 g/mol. The van der Waals surface area contributed by atoms with Crippen LogP contribution < -0.4 is 10.6 Å². The molecule has 2 amide bonds. The second-order valence-corrected chi connectivity index (χ2v) is 4.62. The Bertz CT molecular complexity index is 477. The number of nitrogens with one attached hydrogen (secondary N) is 2. The Labute approximate surface area is 117 Å². The molecule has 1 atom stereocenters. The number of rotatable bonds is 5. The molecule has 1 rings (SSSR count). The SMILES string of the molecule is CCC(CC(=O)O)NC(=O)Nc1cccc(Cl)c1C. The maximum Gasteiger partial charge on any atom is 0.319 e. The second-order valence-electron chi connectivity index (χ2n) is 4.21. The second kappa shape index (κ2) is 6.99. The molecule has 1 aromatic rings. The van der Waals surface area contributed by atoms with Gasteiger partial charge in [-0.1, -0.05) is 24.6 Å². The number of carbonyl (C=O) groups is 2. The van der Waals surface area contributed by atoms with Gasteiger partial charge in [-0.3, -0.25) is 4.79 Å². The van der Waals surface area contributed by atoms with Crippen LogP contribution in [0, 0.1) is 6.92 Å². The lowest BCUT2D eigenvalue weighted by molar-refractivity contribution is -0.137. The van der Waals surface area contributed by atoms with Gasteiger partial charge < -0.3 is 15.7 Å². The molecule has 6 heteroatoms. The Morgan fingerprint density at radius 2 is 2.11 bits per heavy atom. The summed E-state index contributed by atoms with van der Waals surface area (Å²) in [5, 5.41) is 14.6. The third kappa shape index (κ3) is 4.79. The number of carbonyl (C=O) groups excluding carboxylic acids is 1. The lowest BCUT2D eigenvalue weighted by Crippen LogP contribution is -2.39. The van der Waals surface area contributed by atoms with Gasteiger partial charge in [0, 0.05) is 16.8 Å². The lowest BCUT2D eigenvalue weighted by Gasteiger charge is -2.16. The molecular formula is C13H17ClN2O3. The smallest absolute Gasteiger partial charge is 0.319 e. The summed E-state index contributed by atoms with van der Waals surface area (Å²) in [5.41, 5.74) is 1.38. The van der Waals surface area contributed by atoms with E-state index in [1.807, 2.05) is 6.92 Å². The van der Waals surface area contributed by atoms with E-state index in [0.29, 0.717) is 17.1 Å². The highest BCUT2D eigenvalue weighted by atomic mass is 35.5. The van der Waals surface area contributed by atoms with E-state index in [1.165, 1.54) is 0 Å². The first kappa shape index (κ1) is 15.3. The minimum atomic E-state index is -0.939. The molecule has 0 aliphatic heterocycles. The Hall–Kier alpha value is -1.75. The Morgan fingerprint density at radius 3 is 2.68 bits per heavy atom. The average Bonchev–Trinajstić information content (AvgIpc) is 2.33. The molecule has 0 radical (unpaired) electrons. The van der Waals surface area contributed by atoms with Crippen LogP contribution >= 0.6 is 11.6 Å². The van der Waals surface area contributed by atoms with Crippen LogP contribution in [0.3, 0.4) is 0 Å². The number of anilines is 1. The lowest BCUT2D eigenvalue weighted by atomic mass is 10.1. The number of benzene rings is 1. The van der Waals surface area contributed by atoms with Crippen molar-refractivity contribution < 1.29 is 14.7 Å². The molecule has 0 aliphatic carbocycles. The van der Waals surface area contributed by atoms with Gasteiger partial charge in [0.2, 0.25) is 0 Å². The number of halogens is 1. The van der Waals surface area contributed by atoms with Crippen LogP contribution in [0.25, 0.3) is 0 Å². The number of urea groups is 1.